The molecule has 0 radical (unpaired) electrons. The van der Waals surface area contributed by atoms with Crippen molar-refractivity contribution in [2.24, 2.45) is 5.41 Å². The molecule has 0 atom stereocenters. The second-order valence-corrected chi connectivity index (χ2v) is 11.5. The molecule has 0 saturated carbocycles. The number of fused-ring (bicyclic) bond motifs is 1. The molecule has 1 aliphatic heterocycles. The molecular weight excluding hydrogens is 484 g/mol. The Morgan fingerprint density at radius 3 is 2.75 bits per heavy atom. The Hall–Kier alpha value is -2.76. The van der Waals surface area contributed by atoms with Gasteiger partial charge in [0, 0.05) is 31.7 Å². The number of esters is 1. The standard InChI is InChI=1S/C25H36N4O6S/c1-5-20-22-21(11-7-13-34-14-8-12-27-23(22)30)29(28-20)16-25(2,3)17-35-24(31)18-9-6-10-19(15-18)36(32,33)26-4/h6,9-10,15,26H,5,7-8,11-14,16-17H2,1-4H3,(H,27,30). The highest BCUT2D eigenvalue weighted by Gasteiger charge is 2.28. The van der Waals surface area contributed by atoms with Crippen LogP contribution in [0.25, 0.3) is 0 Å². The Kier molecular flexibility index (Phi) is 9.26. The number of sulfonamides is 1. The molecule has 0 bridgehead atoms. The fourth-order valence-electron chi connectivity index (χ4n) is 4.06. The molecule has 1 aliphatic rings. The van der Waals surface area contributed by atoms with E-state index in [1.807, 2.05) is 25.5 Å². The van der Waals surface area contributed by atoms with Gasteiger partial charge in [-0.3, -0.25) is 9.48 Å². The van der Waals surface area contributed by atoms with Crippen molar-refractivity contribution in [1.82, 2.24) is 19.8 Å². The fourth-order valence-corrected chi connectivity index (χ4v) is 4.83. The van der Waals surface area contributed by atoms with Crippen molar-refractivity contribution in [2.75, 3.05) is 33.4 Å². The number of hydrogen-bond acceptors (Lipinski definition) is 7. The first-order chi connectivity index (χ1) is 17.1. The Morgan fingerprint density at radius 2 is 2.03 bits per heavy atom. The van der Waals surface area contributed by atoms with E-state index in [1.54, 1.807) is 0 Å². The van der Waals surface area contributed by atoms with Crippen LogP contribution in [0.3, 0.4) is 0 Å². The van der Waals surface area contributed by atoms with Crippen LogP contribution in [0.15, 0.2) is 29.2 Å². The van der Waals surface area contributed by atoms with E-state index in [-0.39, 0.29) is 23.0 Å². The van der Waals surface area contributed by atoms with Gasteiger partial charge in [-0.25, -0.2) is 17.9 Å². The summed E-state index contributed by atoms with van der Waals surface area (Å²) in [5.41, 5.74) is 1.89. The molecule has 0 unspecified atom stereocenters. The van der Waals surface area contributed by atoms with Gasteiger partial charge in [-0.05, 0) is 50.9 Å². The van der Waals surface area contributed by atoms with Gasteiger partial charge in [0.15, 0.2) is 0 Å². The van der Waals surface area contributed by atoms with Gasteiger partial charge in [-0.1, -0.05) is 26.8 Å². The Bertz CT molecular complexity index is 1190. The number of ether oxygens (including phenoxy) is 2. The number of carbonyl (C=O) groups excluding carboxylic acids is 2. The lowest BCUT2D eigenvalue weighted by molar-refractivity contribution is 0.0304. The summed E-state index contributed by atoms with van der Waals surface area (Å²) < 4.78 is 39.4. The van der Waals surface area contributed by atoms with Gasteiger partial charge < -0.3 is 14.8 Å². The van der Waals surface area contributed by atoms with Crippen LogP contribution >= 0.6 is 0 Å². The van der Waals surface area contributed by atoms with Crippen LogP contribution in [0, 0.1) is 5.41 Å². The first-order valence-electron chi connectivity index (χ1n) is 12.2. The van der Waals surface area contributed by atoms with Crippen LogP contribution in [0.4, 0.5) is 0 Å². The third kappa shape index (κ3) is 6.92. The Morgan fingerprint density at radius 1 is 1.28 bits per heavy atom. The maximum atomic E-state index is 13.0. The smallest absolute Gasteiger partial charge is 0.338 e. The van der Waals surface area contributed by atoms with E-state index in [1.165, 1.54) is 31.3 Å². The maximum Gasteiger partial charge on any atom is 0.338 e. The summed E-state index contributed by atoms with van der Waals surface area (Å²) in [4.78, 5) is 25.7. The average Bonchev–Trinajstić information content (AvgIpc) is 3.18. The molecule has 0 saturated heterocycles. The lowest BCUT2D eigenvalue weighted by atomic mass is 9.94. The molecule has 0 aliphatic carbocycles. The summed E-state index contributed by atoms with van der Waals surface area (Å²) in [6.45, 7) is 8.18. The number of amides is 1. The molecular formula is C25H36N4O6S. The molecule has 3 rings (SSSR count). The lowest BCUT2D eigenvalue weighted by Crippen LogP contribution is -2.29. The van der Waals surface area contributed by atoms with Crippen LogP contribution in [0.2, 0.25) is 0 Å². The summed E-state index contributed by atoms with van der Waals surface area (Å²) in [5, 5.41) is 7.72. The van der Waals surface area contributed by atoms with Crippen molar-refractivity contribution in [3.63, 3.8) is 0 Å². The summed E-state index contributed by atoms with van der Waals surface area (Å²) in [6.07, 6.45) is 2.81. The van der Waals surface area contributed by atoms with Gasteiger partial charge in [0.25, 0.3) is 5.91 Å². The third-order valence-corrected chi connectivity index (χ3v) is 7.38. The fraction of sp³-hybridized carbons (Fsp3) is 0.560. The first kappa shape index (κ1) is 27.8. The number of carbonyl (C=O) groups is 2. The second-order valence-electron chi connectivity index (χ2n) is 9.58. The largest absolute Gasteiger partial charge is 0.461 e. The summed E-state index contributed by atoms with van der Waals surface area (Å²) in [7, 11) is -2.36. The zero-order valence-electron chi connectivity index (χ0n) is 21.4. The van der Waals surface area contributed by atoms with Crippen LogP contribution in [0.1, 0.15) is 65.7 Å². The van der Waals surface area contributed by atoms with Crippen molar-refractivity contribution in [1.29, 1.82) is 0 Å². The predicted molar refractivity (Wildman–Crippen MR) is 134 cm³/mol. The number of hydrogen-bond donors (Lipinski definition) is 2. The zero-order chi connectivity index (χ0) is 26.3. The van der Waals surface area contributed by atoms with Gasteiger partial charge in [-0.15, -0.1) is 0 Å². The molecule has 198 valence electrons. The lowest BCUT2D eigenvalue weighted by Gasteiger charge is -2.25. The van der Waals surface area contributed by atoms with Crippen LogP contribution in [-0.2, 0) is 38.9 Å². The van der Waals surface area contributed by atoms with Crippen LogP contribution in [0.5, 0.6) is 0 Å². The number of benzene rings is 1. The summed E-state index contributed by atoms with van der Waals surface area (Å²) in [5.74, 6) is -0.725. The highest BCUT2D eigenvalue weighted by molar-refractivity contribution is 7.89. The number of rotatable bonds is 8. The van der Waals surface area contributed by atoms with Gasteiger partial charge in [0.2, 0.25) is 10.0 Å². The van der Waals surface area contributed by atoms with E-state index in [9.17, 15) is 18.0 Å². The number of aryl methyl sites for hydroxylation is 1. The molecule has 2 N–H and O–H groups in total. The normalized spacial score (nSPS) is 15.5. The molecule has 1 amide bonds. The molecule has 11 heteroatoms. The zero-order valence-corrected chi connectivity index (χ0v) is 22.2. The molecule has 1 aromatic carbocycles. The first-order valence-corrected chi connectivity index (χ1v) is 13.7. The third-order valence-electron chi connectivity index (χ3n) is 5.97. The predicted octanol–water partition coefficient (Wildman–Crippen LogP) is 2.32. The minimum atomic E-state index is -3.68. The molecule has 10 nitrogen and oxygen atoms in total. The van der Waals surface area contributed by atoms with Crippen molar-refractivity contribution < 1.29 is 27.5 Å². The van der Waals surface area contributed by atoms with E-state index in [4.69, 9.17) is 14.6 Å². The van der Waals surface area contributed by atoms with Gasteiger partial charge in [0.05, 0.1) is 34.0 Å². The highest BCUT2D eigenvalue weighted by Crippen LogP contribution is 2.25. The van der Waals surface area contributed by atoms with E-state index in [0.717, 1.165) is 24.2 Å². The van der Waals surface area contributed by atoms with Crippen molar-refractivity contribution in [3.05, 3.63) is 46.8 Å². The number of nitrogens with one attached hydrogen (secondary N) is 2. The molecule has 2 aromatic rings. The number of nitrogens with zero attached hydrogens (tertiary/aromatic N) is 2. The molecule has 2 heterocycles. The topological polar surface area (TPSA) is 129 Å². The maximum absolute atomic E-state index is 13.0. The SMILES string of the molecule is CCc1nn(CC(C)(C)COC(=O)c2cccc(S(=O)(=O)NC)c2)c2c1C(=O)NCCCOCCC2. The van der Waals surface area contributed by atoms with Gasteiger partial charge in [0.1, 0.15) is 0 Å². The quantitative estimate of drug-likeness (QED) is 0.511. The summed E-state index contributed by atoms with van der Waals surface area (Å²) >= 11 is 0. The summed E-state index contributed by atoms with van der Waals surface area (Å²) in [6, 6.07) is 5.72. The highest BCUT2D eigenvalue weighted by atomic mass is 32.2. The minimum Gasteiger partial charge on any atom is -0.461 e. The van der Waals surface area contributed by atoms with E-state index < -0.39 is 21.4 Å². The minimum absolute atomic E-state index is 0.00858. The van der Waals surface area contributed by atoms with Crippen molar-refractivity contribution in [3.8, 4) is 0 Å². The van der Waals surface area contributed by atoms with E-state index in [2.05, 4.69) is 10.0 Å². The van der Waals surface area contributed by atoms with E-state index >= 15 is 0 Å². The molecule has 1 aromatic heterocycles. The van der Waals surface area contributed by atoms with Crippen LogP contribution < -0.4 is 10.0 Å². The Labute approximate surface area is 212 Å². The molecule has 36 heavy (non-hydrogen) atoms. The van der Waals surface area contributed by atoms with Crippen molar-refractivity contribution >= 4 is 21.9 Å². The molecule has 0 spiro atoms. The monoisotopic (exact) mass is 520 g/mol. The average molecular weight is 521 g/mol. The van der Waals surface area contributed by atoms with Gasteiger partial charge in [-0.2, -0.15) is 5.10 Å². The molecule has 0 fully saturated rings. The van der Waals surface area contributed by atoms with E-state index in [0.29, 0.717) is 44.7 Å². The van der Waals surface area contributed by atoms with Crippen LogP contribution in [-0.4, -0.2) is 63.5 Å². The second kappa shape index (κ2) is 12.0. The Balaban J connectivity index is 1.77. The van der Waals surface area contributed by atoms with Gasteiger partial charge >= 0.3 is 5.97 Å². The van der Waals surface area contributed by atoms with Crippen molar-refractivity contribution in [2.45, 2.75) is 57.9 Å². The number of aromatic nitrogens is 2.